The molecule has 1 aromatic rings. The van der Waals surface area contributed by atoms with Crippen molar-refractivity contribution in [2.75, 3.05) is 0 Å². The molecule has 4 heteroatoms. The minimum Gasteiger partial charge on any atom is -0.487 e. The molecule has 1 unspecified atom stereocenters. The smallest absolute Gasteiger partial charge is 0.275 e. The van der Waals surface area contributed by atoms with Gasteiger partial charge in [0, 0.05) is 28.2 Å². The van der Waals surface area contributed by atoms with Crippen LogP contribution in [-0.2, 0) is 0 Å². The molecule has 0 fully saturated rings. The van der Waals surface area contributed by atoms with Crippen LogP contribution in [0, 0.1) is 36.8 Å². The van der Waals surface area contributed by atoms with E-state index in [0.29, 0.717) is 11.5 Å². The van der Waals surface area contributed by atoms with Gasteiger partial charge in [0.25, 0.3) is 5.69 Å². The Morgan fingerprint density at radius 1 is 1.15 bits per heavy atom. The Morgan fingerprint density at radius 2 is 1.70 bits per heavy atom. The molecule has 2 rings (SSSR count). The normalized spacial score (nSPS) is 19.9. The van der Waals surface area contributed by atoms with Gasteiger partial charge in [-0.2, -0.15) is 0 Å². The molecule has 0 saturated carbocycles. The van der Waals surface area contributed by atoms with E-state index < -0.39 is 0 Å². The second-order valence-electron chi connectivity index (χ2n) is 6.65. The Balaban J connectivity index is 2.83. The summed E-state index contributed by atoms with van der Waals surface area (Å²) >= 11 is 0. The maximum Gasteiger partial charge on any atom is 0.275 e. The lowest BCUT2D eigenvalue weighted by Gasteiger charge is -2.29. The standard InChI is InChI=1S/C16H23NO3/c1-8(2)13-12-11(5)14(17(18)19)9(3)10(4)15(12)20-16(13,6)7/h8,13H,1-7H3. The van der Waals surface area contributed by atoms with Gasteiger partial charge in [-0.1, -0.05) is 13.8 Å². The van der Waals surface area contributed by atoms with Crippen LogP contribution in [0.2, 0.25) is 0 Å². The fourth-order valence-electron chi connectivity index (χ4n) is 3.72. The van der Waals surface area contributed by atoms with Crippen molar-refractivity contribution in [2.45, 2.75) is 60.0 Å². The van der Waals surface area contributed by atoms with Crippen molar-refractivity contribution in [3.8, 4) is 5.75 Å². The number of benzene rings is 1. The van der Waals surface area contributed by atoms with Gasteiger partial charge in [0.2, 0.25) is 0 Å². The number of rotatable bonds is 2. The predicted molar refractivity (Wildman–Crippen MR) is 79.6 cm³/mol. The minimum atomic E-state index is -0.326. The van der Waals surface area contributed by atoms with E-state index in [-0.39, 0.29) is 22.1 Å². The molecule has 1 aliphatic rings. The van der Waals surface area contributed by atoms with Gasteiger partial charge in [-0.25, -0.2) is 0 Å². The average molecular weight is 277 g/mol. The summed E-state index contributed by atoms with van der Waals surface area (Å²) in [7, 11) is 0. The highest BCUT2D eigenvalue weighted by atomic mass is 16.6. The molecule has 1 atom stereocenters. The largest absolute Gasteiger partial charge is 0.487 e. The van der Waals surface area contributed by atoms with Crippen LogP contribution in [0.5, 0.6) is 5.75 Å². The Labute approximate surface area is 120 Å². The first-order valence-electron chi connectivity index (χ1n) is 7.06. The second kappa shape index (κ2) is 4.47. The lowest BCUT2D eigenvalue weighted by atomic mass is 9.76. The topological polar surface area (TPSA) is 52.4 Å². The van der Waals surface area contributed by atoms with Crippen molar-refractivity contribution in [3.05, 3.63) is 32.4 Å². The number of nitro benzene ring substituents is 1. The SMILES string of the molecule is Cc1c(C)c([N+](=O)[O-])c(C)c2c1OC(C)(C)C2C(C)C. The summed E-state index contributed by atoms with van der Waals surface area (Å²) in [5.74, 6) is 1.40. The molecule has 0 saturated heterocycles. The van der Waals surface area contributed by atoms with Gasteiger partial charge < -0.3 is 4.74 Å². The monoisotopic (exact) mass is 277 g/mol. The second-order valence-corrected chi connectivity index (χ2v) is 6.65. The molecule has 20 heavy (non-hydrogen) atoms. The Bertz CT molecular complexity index is 588. The molecule has 0 bridgehead atoms. The van der Waals surface area contributed by atoms with Gasteiger partial charge in [0.15, 0.2) is 0 Å². The van der Waals surface area contributed by atoms with Crippen LogP contribution in [0.3, 0.4) is 0 Å². The van der Waals surface area contributed by atoms with Crippen molar-refractivity contribution in [3.63, 3.8) is 0 Å². The van der Waals surface area contributed by atoms with E-state index in [9.17, 15) is 10.1 Å². The van der Waals surface area contributed by atoms with Crippen molar-refractivity contribution in [2.24, 2.45) is 5.92 Å². The van der Waals surface area contributed by atoms with Crippen LogP contribution >= 0.6 is 0 Å². The van der Waals surface area contributed by atoms with Gasteiger partial charge in [-0.05, 0) is 40.5 Å². The average Bonchev–Trinajstić information content (AvgIpc) is 2.58. The van der Waals surface area contributed by atoms with Crippen LogP contribution in [0.25, 0.3) is 0 Å². The van der Waals surface area contributed by atoms with E-state index in [4.69, 9.17) is 4.74 Å². The van der Waals surface area contributed by atoms with E-state index in [2.05, 4.69) is 27.7 Å². The van der Waals surface area contributed by atoms with E-state index in [0.717, 1.165) is 22.4 Å². The molecule has 0 radical (unpaired) electrons. The van der Waals surface area contributed by atoms with Crippen molar-refractivity contribution < 1.29 is 9.66 Å². The molecule has 110 valence electrons. The number of hydrogen-bond donors (Lipinski definition) is 0. The zero-order valence-electron chi connectivity index (χ0n) is 13.3. The zero-order chi connectivity index (χ0) is 15.4. The first-order chi connectivity index (χ1) is 9.09. The third-order valence-corrected chi connectivity index (χ3v) is 4.54. The summed E-state index contributed by atoms with van der Waals surface area (Å²) in [6.45, 7) is 14.0. The number of fused-ring (bicyclic) bond motifs is 1. The van der Waals surface area contributed by atoms with Gasteiger partial charge in [0.1, 0.15) is 11.4 Å². The molecule has 1 heterocycles. The first-order valence-corrected chi connectivity index (χ1v) is 7.06. The summed E-state index contributed by atoms with van der Waals surface area (Å²) in [5, 5.41) is 11.4. The Morgan fingerprint density at radius 3 is 2.15 bits per heavy atom. The summed E-state index contributed by atoms with van der Waals surface area (Å²) < 4.78 is 6.17. The van der Waals surface area contributed by atoms with Gasteiger partial charge in [0.05, 0.1) is 4.92 Å². The molecular formula is C16H23NO3. The van der Waals surface area contributed by atoms with Crippen molar-refractivity contribution >= 4 is 5.69 Å². The lowest BCUT2D eigenvalue weighted by molar-refractivity contribution is -0.386. The van der Waals surface area contributed by atoms with Gasteiger partial charge in [-0.15, -0.1) is 0 Å². The third kappa shape index (κ3) is 1.89. The van der Waals surface area contributed by atoms with E-state index in [1.165, 1.54) is 0 Å². The van der Waals surface area contributed by atoms with Crippen LogP contribution in [0.15, 0.2) is 0 Å². The molecule has 0 aliphatic carbocycles. The quantitative estimate of drug-likeness (QED) is 0.593. The maximum absolute atomic E-state index is 11.4. The molecule has 4 nitrogen and oxygen atoms in total. The van der Waals surface area contributed by atoms with Crippen LogP contribution in [-0.4, -0.2) is 10.5 Å². The van der Waals surface area contributed by atoms with Gasteiger partial charge >= 0.3 is 0 Å². The molecule has 1 aliphatic heterocycles. The fourth-order valence-corrected chi connectivity index (χ4v) is 3.72. The number of ether oxygens (including phenoxy) is 1. The zero-order valence-corrected chi connectivity index (χ0v) is 13.3. The molecule has 0 N–H and O–H groups in total. The summed E-state index contributed by atoms with van der Waals surface area (Å²) in [5.41, 5.74) is 3.32. The fraction of sp³-hybridized carbons (Fsp3) is 0.625. The summed E-state index contributed by atoms with van der Waals surface area (Å²) in [6, 6.07) is 0. The van der Waals surface area contributed by atoms with E-state index in [1.807, 2.05) is 13.8 Å². The first kappa shape index (κ1) is 14.8. The van der Waals surface area contributed by atoms with Crippen LogP contribution < -0.4 is 4.74 Å². The molecule has 0 spiro atoms. The third-order valence-electron chi connectivity index (χ3n) is 4.54. The Kier molecular flexibility index (Phi) is 3.31. The Hall–Kier alpha value is -1.58. The van der Waals surface area contributed by atoms with E-state index in [1.54, 1.807) is 6.92 Å². The predicted octanol–water partition coefficient (Wildman–Crippen LogP) is 4.43. The summed E-state index contributed by atoms with van der Waals surface area (Å²) in [4.78, 5) is 11.1. The minimum absolute atomic E-state index is 0.176. The van der Waals surface area contributed by atoms with E-state index >= 15 is 0 Å². The van der Waals surface area contributed by atoms with Crippen LogP contribution in [0.1, 0.15) is 55.9 Å². The maximum atomic E-state index is 11.4. The molecule has 0 amide bonds. The molecular weight excluding hydrogens is 254 g/mol. The summed E-state index contributed by atoms with van der Waals surface area (Å²) in [6.07, 6.45) is 0. The molecule has 0 aromatic heterocycles. The highest BCUT2D eigenvalue weighted by Crippen LogP contribution is 2.53. The molecule has 1 aromatic carbocycles. The van der Waals surface area contributed by atoms with Crippen LogP contribution in [0.4, 0.5) is 5.69 Å². The lowest BCUT2D eigenvalue weighted by Crippen LogP contribution is -2.33. The number of nitro groups is 1. The highest BCUT2D eigenvalue weighted by molar-refractivity contribution is 5.64. The number of nitrogens with zero attached hydrogens (tertiary/aromatic N) is 1. The number of hydrogen-bond acceptors (Lipinski definition) is 3. The van der Waals surface area contributed by atoms with Gasteiger partial charge in [-0.3, -0.25) is 10.1 Å². The van der Waals surface area contributed by atoms with Crippen molar-refractivity contribution in [1.29, 1.82) is 0 Å². The highest BCUT2D eigenvalue weighted by Gasteiger charge is 2.46. The van der Waals surface area contributed by atoms with Crippen molar-refractivity contribution in [1.82, 2.24) is 0 Å².